The quantitative estimate of drug-likeness (QED) is 0.735. The number of para-hydroxylation sites is 1. The van der Waals surface area contributed by atoms with Gasteiger partial charge in [-0.1, -0.05) is 18.2 Å². The topological polar surface area (TPSA) is 75.4 Å². The van der Waals surface area contributed by atoms with E-state index in [2.05, 4.69) is 10.3 Å². The zero-order chi connectivity index (χ0) is 13.2. The number of nitrogens with one attached hydrogen (secondary N) is 1. The van der Waals surface area contributed by atoms with Gasteiger partial charge in [0.1, 0.15) is 5.75 Å². The van der Waals surface area contributed by atoms with E-state index in [1.807, 2.05) is 30.3 Å². The summed E-state index contributed by atoms with van der Waals surface area (Å²) in [6.45, 7) is 0. The van der Waals surface area contributed by atoms with E-state index in [1.54, 1.807) is 0 Å². The molecule has 2 N–H and O–H groups in total. The first-order valence-electron chi connectivity index (χ1n) is 5.68. The maximum Gasteiger partial charge on any atom is 0.348 e. The maximum absolute atomic E-state index is 11.8. The number of aromatic nitrogens is 1. The van der Waals surface area contributed by atoms with E-state index in [0.29, 0.717) is 10.9 Å². The summed E-state index contributed by atoms with van der Waals surface area (Å²) < 4.78 is 5.07. The SMILES string of the molecule is O=c1oc(Nc2ccccc2)nc2cc(O)ccc12. The van der Waals surface area contributed by atoms with E-state index in [9.17, 15) is 9.90 Å². The molecular weight excluding hydrogens is 244 g/mol. The lowest BCUT2D eigenvalue weighted by molar-refractivity contribution is 0.475. The van der Waals surface area contributed by atoms with Gasteiger partial charge in [-0.2, -0.15) is 4.98 Å². The van der Waals surface area contributed by atoms with Crippen molar-refractivity contribution >= 4 is 22.6 Å². The fraction of sp³-hybridized carbons (Fsp3) is 0. The maximum atomic E-state index is 11.8. The number of hydrogen-bond acceptors (Lipinski definition) is 5. The second kappa shape index (κ2) is 4.45. The van der Waals surface area contributed by atoms with Gasteiger partial charge >= 0.3 is 11.6 Å². The summed E-state index contributed by atoms with van der Waals surface area (Å²) in [5.74, 6) is 0.0521. The molecule has 0 amide bonds. The summed E-state index contributed by atoms with van der Waals surface area (Å²) in [5.41, 5.74) is 0.649. The number of rotatable bonds is 2. The molecule has 0 aliphatic carbocycles. The minimum atomic E-state index is -0.497. The first kappa shape index (κ1) is 11.3. The van der Waals surface area contributed by atoms with Crippen LogP contribution >= 0.6 is 0 Å². The Morgan fingerprint density at radius 3 is 2.68 bits per heavy atom. The fourth-order valence-electron chi connectivity index (χ4n) is 1.76. The highest BCUT2D eigenvalue weighted by Gasteiger charge is 2.07. The smallest absolute Gasteiger partial charge is 0.348 e. The lowest BCUT2D eigenvalue weighted by atomic mass is 10.2. The number of phenolic OH excluding ortho intramolecular Hbond substituents is 1. The molecule has 0 aliphatic heterocycles. The van der Waals surface area contributed by atoms with Crippen LogP contribution in [0.5, 0.6) is 5.75 Å². The molecule has 19 heavy (non-hydrogen) atoms. The number of fused-ring (bicyclic) bond motifs is 1. The summed E-state index contributed by atoms with van der Waals surface area (Å²) in [6, 6.07) is 13.7. The van der Waals surface area contributed by atoms with Crippen LogP contribution in [0.15, 0.2) is 57.7 Å². The summed E-state index contributed by atoms with van der Waals surface area (Å²) in [7, 11) is 0. The molecule has 0 radical (unpaired) electrons. The van der Waals surface area contributed by atoms with Crippen LogP contribution in [-0.4, -0.2) is 10.1 Å². The Kier molecular flexibility index (Phi) is 2.64. The third-order valence-electron chi connectivity index (χ3n) is 2.64. The lowest BCUT2D eigenvalue weighted by Gasteiger charge is -2.04. The molecule has 0 spiro atoms. The molecule has 1 heterocycles. The molecular formula is C14H10N2O3. The van der Waals surface area contributed by atoms with Crippen LogP contribution in [0.1, 0.15) is 0 Å². The Balaban J connectivity index is 2.08. The normalized spacial score (nSPS) is 10.5. The molecule has 0 saturated heterocycles. The van der Waals surface area contributed by atoms with Gasteiger partial charge in [0.15, 0.2) is 0 Å². The highest BCUT2D eigenvalue weighted by molar-refractivity contribution is 5.79. The number of benzene rings is 2. The zero-order valence-electron chi connectivity index (χ0n) is 9.83. The molecule has 0 atom stereocenters. The van der Waals surface area contributed by atoms with E-state index < -0.39 is 5.63 Å². The molecule has 5 heteroatoms. The van der Waals surface area contributed by atoms with Gasteiger partial charge in [-0.3, -0.25) is 0 Å². The fourth-order valence-corrected chi connectivity index (χ4v) is 1.76. The highest BCUT2D eigenvalue weighted by Crippen LogP contribution is 2.19. The molecule has 5 nitrogen and oxygen atoms in total. The lowest BCUT2D eigenvalue weighted by Crippen LogP contribution is -2.04. The molecule has 2 aromatic carbocycles. The largest absolute Gasteiger partial charge is 0.508 e. The van der Waals surface area contributed by atoms with E-state index in [1.165, 1.54) is 18.2 Å². The first-order chi connectivity index (χ1) is 9.22. The molecule has 3 rings (SSSR count). The van der Waals surface area contributed by atoms with Crippen molar-refractivity contribution in [2.24, 2.45) is 0 Å². The average Bonchev–Trinajstić information content (AvgIpc) is 2.39. The zero-order valence-corrected chi connectivity index (χ0v) is 9.83. The van der Waals surface area contributed by atoms with Crippen molar-refractivity contribution < 1.29 is 9.52 Å². The molecule has 3 aromatic rings. The van der Waals surface area contributed by atoms with Crippen molar-refractivity contribution in [3.8, 4) is 5.75 Å². The third-order valence-corrected chi connectivity index (χ3v) is 2.64. The van der Waals surface area contributed by atoms with Gasteiger partial charge in [-0.05, 0) is 24.3 Å². The number of phenols is 1. The van der Waals surface area contributed by atoms with Gasteiger partial charge in [0.25, 0.3) is 0 Å². The Morgan fingerprint density at radius 1 is 1.11 bits per heavy atom. The van der Waals surface area contributed by atoms with Crippen molar-refractivity contribution in [1.82, 2.24) is 4.98 Å². The van der Waals surface area contributed by atoms with Crippen LogP contribution in [-0.2, 0) is 0 Å². The van der Waals surface area contributed by atoms with Gasteiger partial charge in [-0.15, -0.1) is 0 Å². The minimum absolute atomic E-state index is 0.0521. The molecule has 1 aromatic heterocycles. The van der Waals surface area contributed by atoms with Crippen molar-refractivity contribution in [2.45, 2.75) is 0 Å². The van der Waals surface area contributed by atoms with E-state index >= 15 is 0 Å². The van der Waals surface area contributed by atoms with Gasteiger partial charge in [-0.25, -0.2) is 4.79 Å². The second-order valence-corrected chi connectivity index (χ2v) is 4.00. The average molecular weight is 254 g/mol. The Labute approximate surface area is 108 Å². The minimum Gasteiger partial charge on any atom is -0.508 e. The monoisotopic (exact) mass is 254 g/mol. The predicted octanol–water partition coefficient (Wildman–Crippen LogP) is 2.64. The van der Waals surface area contributed by atoms with E-state index in [-0.39, 0.29) is 11.8 Å². The summed E-state index contributed by atoms with van der Waals surface area (Å²) in [4.78, 5) is 15.9. The second-order valence-electron chi connectivity index (χ2n) is 4.00. The Morgan fingerprint density at radius 2 is 1.89 bits per heavy atom. The third kappa shape index (κ3) is 2.26. The van der Waals surface area contributed by atoms with Crippen molar-refractivity contribution in [3.05, 3.63) is 59.0 Å². The van der Waals surface area contributed by atoms with Crippen LogP contribution in [0.25, 0.3) is 10.9 Å². The molecule has 0 aliphatic rings. The van der Waals surface area contributed by atoms with Crippen molar-refractivity contribution in [3.63, 3.8) is 0 Å². The molecule has 0 bridgehead atoms. The summed E-state index contributed by atoms with van der Waals surface area (Å²) >= 11 is 0. The van der Waals surface area contributed by atoms with Crippen LogP contribution in [0.2, 0.25) is 0 Å². The molecule has 0 fully saturated rings. The van der Waals surface area contributed by atoms with Crippen molar-refractivity contribution in [1.29, 1.82) is 0 Å². The van der Waals surface area contributed by atoms with Crippen molar-refractivity contribution in [2.75, 3.05) is 5.32 Å². The first-order valence-corrected chi connectivity index (χ1v) is 5.68. The van der Waals surface area contributed by atoms with Crippen LogP contribution in [0.3, 0.4) is 0 Å². The number of hydrogen-bond donors (Lipinski definition) is 2. The highest BCUT2D eigenvalue weighted by atomic mass is 16.4. The number of nitrogens with zero attached hydrogens (tertiary/aromatic N) is 1. The Hall–Kier alpha value is -2.82. The van der Waals surface area contributed by atoms with Crippen LogP contribution in [0, 0.1) is 0 Å². The summed E-state index contributed by atoms with van der Waals surface area (Å²) in [5, 5.41) is 12.6. The molecule has 94 valence electrons. The van der Waals surface area contributed by atoms with Crippen LogP contribution in [0.4, 0.5) is 11.7 Å². The van der Waals surface area contributed by atoms with Gasteiger partial charge in [0.05, 0.1) is 10.9 Å². The van der Waals surface area contributed by atoms with Gasteiger partial charge in [0, 0.05) is 11.8 Å². The van der Waals surface area contributed by atoms with Gasteiger partial charge < -0.3 is 14.8 Å². The van der Waals surface area contributed by atoms with E-state index in [0.717, 1.165) is 5.69 Å². The van der Waals surface area contributed by atoms with Gasteiger partial charge in [0.2, 0.25) is 0 Å². The van der Waals surface area contributed by atoms with Crippen LogP contribution < -0.4 is 10.9 Å². The molecule has 0 saturated carbocycles. The number of anilines is 2. The van der Waals surface area contributed by atoms with E-state index in [4.69, 9.17) is 4.42 Å². The molecule has 0 unspecified atom stereocenters. The number of aromatic hydroxyl groups is 1. The predicted molar refractivity (Wildman–Crippen MR) is 71.7 cm³/mol. The summed E-state index contributed by atoms with van der Waals surface area (Å²) in [6.07, 6.45) is 0. The Bertz CT molecular complexity index is 782. The standard InChI is InChI=1S/C14H10N2O3/c17-10-6-7-11-12(8-10)16-14(19-13(11)18)15-9-4-2-1-3-5-9/h1-8,17H,(H,15,16).